The van der Waals surface area contributed by atoms with Gasteiger partial charge in [0.1, 0.15) is 0 Å². The summed E-state index contributed by atoms with van der Waals surface area (Å²) in [4.78, 5) is 13.8. The number of nitrogens with zero attached hydrogens (tertiary/aromatic N) is 1. The zero-order valence-corrected chi connectivity index (χ0v) is 11.2. The van der Waals surface area contributed by atoms with Crippen LogP contribution < -0.4 is 10.6 Å². The Morgan fingerprint density at radius 3 is 2.72 bits per heavy atom. The lowest BCUT2D eigenvalue weighted by Gasteiger charge is -2.23. The van der Waals surface area contributed by atoms with Crippen LogP contribution in [0, 0.1) is 5.41 Å². The highest BCUT2D eigenvalue weighted by atomic mass is 16.5. The monoisotopic (exact) mass is 248 g/mol. The summed E-state index contributed by atoms with van der Waals surface area (Å²) in [5.74, 6) is -0.324. The van der Waals surface area contributed by atoms with Crippen molar-refractivity contribution in [2.75, 3.05) is 30.8 Å². The first-order valence-corrected chi connectivity index (χ1v) is 6.16. The quantitative estimate of drug-likeness (QED) is 0.644. The van der Waals surface area contributed by atoms with Crippen LogP contribution in [0.2, 0.25) is 0 Å². The molecule has 1 heterocycles. The van der Waals surface area contributed by atoms with Crippen molar-refractivity contribution in [3.63, 3.8) is 0 Å². The van der Waals surface area contributed by atoms with Crippen molar-refractivity contribution in [2.45, 2.75) is 20.3 Å². The van der Waals surface area contributed by atoms with Crippen LogP contribution in [0.4, 0.5) is 11.4 Å². The molecule has 1 saturated heterocycles. The maximum absolute atomic E-state index is 11.5. The van der Waals surface area contributed by atoms with E-state index in [4.69, 9.17) is 10.5 Å². The van der Waals surface area contributed by atoms with Gasteiger partial charge in [0, 0.05) is 13.1 Å². The topological polar surface area (TPSA) is 55.6 Å². The minimum atomic E-state index is -0.324. The van der Waals surface area contributed by atoms with Crippen LogP contribution in [0.15, 0.2) is 18.2 Å². The molecule has 1 aromatic rings. The van der Waals surface area contributed by atoms with E-state index in [1.165, 1.54) is 7.11 Å². The number of carbonyl (C=O) groups is 1. The summed E-state index contributed by atoms with van der Waals surface area (Å²) in [5.41, 5.74) is 8.50. The summed E-state index contributed by atoms with van der Waals surface area (Å²) in [7, 11) is 1.39. The third-order valence-corrected chi connectivity index (χ3v) is 3.47. The number of anilines is 2. The number of esters is 1. The maximum atomic E-state index is 11.5. The summed E-state index contributed by atoms with van der Waals surface area (Å²) in [6.45, 7) is 6.42. The van der Waals surface area contributed by atoms with Crippen LogP contribution in [0.1, 0.15) is 30.6 Å². The van der Waals surface area contributed by atoms with Crippen molar-refractivity contribution in [2.24, 2.45) is 5.41 Å². The molecule has 0 bridgehead atoms. The lowest BCUT2D eigenvalue weighted by molar-refractivity contribution is 0.0601. The van der Waals surface area contributed by atoms with Gasteiger partial charge in [-0.1, -0.05) is 13.8 Å². The second-order valence-corrected chi connectivity index (χ2v) is 5.60. The van der Waals surface area contributed by atoms with Crippen molar-refractivity contribution < 1.29 is 9.53 Å². The minimum absolute atomic E-state index is 0.299. The molecule has 4 nitrogen and oxygen atoms in total. The number of carbonyl (C=O) groups excluding carboxylic acids is 1. The predicted octanol–water partition coefficient (Wildman–Crippen LogP) is 2.29. The summed E-state index contributed by atoms with van der Waals surface area (Å²) in [5, 5.41) is 0. The van der Waals surface area contributed by atoms with Gasteiger partial charge in [0.2, 0.25) is 0 Å². The molecule has 0 amide bonds. The number of methoxy groups -OCH3 is 1. The zero-order chi connectivity index (χ0) is 13.3. The number of rotatable bonds is 2. The molecule has 1 aliphatic rings. The van der Waals surface area contributed by atoms with Gasteiger partial charge in [-0.05, 0) is 30.0 Å². The Kier molecular flexibility index (Phi) is 3.20. The average molecular weight is 248 g/mol. The van der Waals surface area contributed by atoms with Gasteiger partial charge in [0.05, 0.1) is 24.0 Å². The SMILES string of the molecule is COC(=O)c1ccc(N)c(N2CCC(C)(C)C2)c1. The molecule has 0 aromatic heterocycles. The van der Waals surface area contributed by atoms with Crippen LogP contribution in [-0.4, -0.2) is 26.2 Å². The Bertz CT molecular complexity index is 469. The fourth-order valence-corrected chi connectivity index (χ4v) is 2.38. The summed E-state index contributed by atoms with van der Waals surface area (Å²) >= 11 is 0. The minimum Gasteiger partial charge on any atom is -0.465 e. The molecule has 18 heavy (non-hydrogen) atoms. The molecule has 1 aliphatic heterocycles. The van der Waals surface area contributed by atoms with Gasteiger partial charge >= 0.3 is 5.97 Å². The van der Waals surface area contributed by atoms with Gasteiger partial charge in [0.15, 0.2) is 0 Å². The predicted molar refractivity (Wildman–Crippen MR) is 72.8 cm³/mol. The molecule has 98 valence electrons. The van der Waals surface area contributed by atoms with E-state index in [-0.39, 0.29) is 5.97 Å². The summed E-state index contributed by atoms with van der Waals surface area (Å²) in [6, 6.07) is 5.29. The first-order chi connectivity index (χ1) is 8.43. The molecular formula is C14H20N2O2. The molecule has 0 unspecified atom stereocenters. The van der Waals surface area contributed by atoms with E-state index in [0.717, 1.165) is 25.2 Å². The molecule has 1 aromatic carbocycles. The molecule has 1 fully saturated rings. The van der Waals surface area contributed by atoms with E-state index in [2.05, 4.69) is 18.7 Å². The molecule has 0 spiro atoms. The van der Waals surface area contributed by atoms with Crippen LogP contribution in [0.5, 0.6) is 0 Å². The lowest BCUT2D eigenvalue weighted by Crippen LogP contribution is -2.24. The van der Waals surface area contributed by atoms with Gasteiger partial charge in [-0.2, -0.15) is 0 Å². The normalized spacial score (nSPS) is 17.8. The Hall–Kier alpha value is -1.71. The number of hydrogen-bond donors (Lipinski definition) is 1. The smallest absolute Gasteiger partial charge is 0.337 e. The zero-order valence-electron chi connectivity index (χ0n) is 11.2. The molecular weight excluding hydrogens is 228 g/mol. The van der Waals surface area contributed by atoms with Gasteiger partial charge < -0.3 is 15.4 Å². The molecule has 2 N–H and O–H groups in total. The fourth-order valence-electron chi connectivity index (χ4n) is 2.38. The standard InChI is InChI=1S/C14H20N2O2/c1-14(2)6-7-16(9-14)12-8-10(13(17)18-3)4-5-11(12)15/h4-5,8H,6-7,9,15H2,1-3H3. The molecule has 0 saturated carbocycles. The molecule has 0 atom stereocenters. The van der Waals surface area contributed by atoms with Crippen LogP contribution in [-0.2, 0) is 4.74 Å². The van der Waals surface area contributed by atoms with E-state index in [1.807, 2.05) is 6.07 Å². The van der Waals surface area contributed by atoms with Gasteiger partial charge in [-0.25, -0.2) is 4.79 Å². The van der Waals surface area contributed by atoms with Gasteiger partial charge in [0.25, 0.3) is 0 Å². The number of nitrogens with two attached hydrogens (primary N) is 1. The van der Waals surface area contributed by atoms with Crippen LogP contribution >= 0.6 is 0 Å². The third-order valence-electron chi connectivity index (χ3n) is 3.47. The molecule has 4 heteroatoms. The Balaban J connectivity index is 2.30. The first kappa shape index (κ1) is 12.7. The Morgan fingerprint density at radius 2 is 2.17 bits per heavy atom. The second kappa shape index (κ2) is 4.52. The Labute approximate surface area is 108 Å². The fraction of sp³-hybridized carbons (Fsp3) is 0.500. The highest BCUT2D eigenvalue weighted by Crippen LogP contribution is 2.35. The lowest BCUT2D eigenvalue weighted by atomic mass is 9.93. The van der Waals surface area contributed by atoms with Crippen molar-refractivity contribution in [3.8, 4) is 0 Å². The number of hydrogen-bond acceptors (Lipinski definition) is 4. The number of nitrogen functional groups attached to an aromatic ring is 1. The number of ether oxygens (including phenoxy) is 1. The highest BCUT2D eigenvalue weighted by Gasteiger charge is 2.30. The number of benzene rings is 1. The van der Waals surface area contributed by atoms with Crippen molar-refractivity contribution in [1.82, 2.24) is 0 Å². The van der Waals surface area contributed by atoms with Gasteiger partial charge in [-0.15, -0.1) is 0 Å². The van der Waals surface area contributed by atoms with E-state index in [0.29, 0.717) is 16.7 Å². The van der Waals surface area contributed by atoms with Crippen molar-refractivity contribution >= 4 is 17.3 Å². The van der Waals surface area contributed by atoms with Gasteiger partial charge in [-0.3, -0.25) is 0 Å². The maximum Gasteiger partial charge on any atom is 0.337 e. The summed E-state index contributed by atoms with van der Waals surface area (Å²) < 4.78 is 4.74. The van der Waals surface area contributed by atoms with Crippen LogP contribution in [0.3, 0.4) is 0 Å². The van der Waals surface area contributed by atoms with E-state index < -0.39 is 0 Å². The Morgan fingerprint density at radius 1 is 1.44 bits per heavy atom. The van der Waals surface area contributed by atoms with E-state index in [9.17, 15) is 4.79 Å². The van der Waals surface area contributed by atoms with Crippen molar-refractivity contribution in [3.05, 3.63) is 23.8 Å². The first-order valence-electron chi connectivity index (χ1n) is 6.16. The third kappa shape index (κ3) is 2.42. The highest BCUT2D eigenvalue weighted by molar-refractivity contribution is 5.92. The average Bonchev–Trinajstić information content (AvgIpc) is 2.69. The van der Waals surface area contributed by atoms with E-state index in [1.54, 1.807) is 12.1 Å². The van der Waals surface area contributed by atoms with E-state index >= 15 is 0 Å². The van der Waals surface area contributed by atoms with Crippen molar-refractivity contribution in [1.29, 1.82) is 0 Å². The molecule has 2 rings (SSSR count). The second-order valence-electron chi connectivity index (χ2n) is 5.60. The largest absolute Gasteiger partial charge is 0.465 e. The van der Waals surface area contributed by atoms with Crippen LogP contribution in [0.25, 0.3) is 0 Å². The summed E-state index contributed by atoms with van der Waals surface area (Å²) in [6.07, 6.45) is 1.13. The molecule has 0 radical (unpaired) electrons. The molecule has 0 aliphatic carbocycles.